The van der Waals surface area contributed by atoms with Crippen molar-refractivity contribution in [2.75, 3.05) is 9.80 Å². The molecule has 10 heteroatoms. The van der Waals surface area contributed by atoms with Crippen molar-refractivity contribution >= 4 is 62.8 Å². The molecular formula is C25H22FN5O2S2. The molecule has 2 aromatic carbocycles. The number of nitrogens with one attached hydrogen (secondary N) is 2. The third-order valence-corrected chi connectivity index (χ3v) is 7.53. The monoisotopic (exact) mass is 507 g/mol. The topological polar surface area (TPSA) is 81.3 Å². The third kappa shape index (κ3) is 3.88. The summed E-state index contributed by atoms with van der Waals surface area (Å²) in [5, 5.41) is 12.7. The van der Waals surface area contributed by atoms with Gasteiger partial charge in [-0.3, -0.25) is 19.6 Å². The largest absolute Gasteiger partial charge is 0.347 e. The number of aromatic nitrogens is 2. The number of benzene rings is 2. The molecule has 3 heterocycles. The van der Waals surface area contributed by atoms with Crippen LogP contribution in [-0.2, 0) is 11.3 Å². The fourth-order valence-corrected chi connectivity index (χ4v) is 5.56. The highest BCUT2D eigenvalue weighted by molar-refractivity contribution is 7.81. The van der Waals surface area contributed by atoms with Crippen molar-refractivity contribution < 1.29 is 14.0 Å². The van der Waals surface area contributed by atoms with Gasteiger partial charge >= 0.3 is 0 Å². The number of amides is 2. The normalized spacial score (nSPS) is 15.3. The Morgan fingerprint density at radius 3 is 2.69 bits per heavy atom. The second-order valence-electron chi connectivity index (χ2n) is 8.85. The van der Waals surface area contributed by atoms with Crippen LogP contribution in [0.2, 0.25) is 0 Å². The Morgan fingerprint density at radius 1 is 1.20 bits per heavy atom. The van der Waals surface area contributed by atoms with Gasteiger partial charge in [-0.25, -0.2) is 4.39 Å². The van der Waals surface area contributed by atoms with Crippen LogP contribution in [0.1, 0.15) is 34.6 Å². The van der Waals surface area contributed by atoms with Crippen LogP contribution < -0.4 is 15.1 Å². The molecule has 0 spiro atoms. The fraction of sp³-hybridized carbons (Fsp3) is 0.200. The lowest BCUT2D eigenvalue weighted by Crippen LogP contribution is -2.44. The van der Waals surface area contributed by atoms with Gasteiger partial charge in [0, 0.05) is 23.2 Å². The van der Waals surface area contributed by atoms with E-state index in [-0.39, 0.29) is 23.5 Å². The number of H-pyrrole nitrogens is 1. The molecule has 0 radical (unpaired) electrons. The SMILES string of the molecule is Cc1ccsc1C(=O)NCc1ccc(N2C(=S)N(c3ccc4cn[nH]c4c3)C(=O)C2(C)C)cc1F. The number of hydrogen-bond donors (Lipinski definition) is 2. The second-order valence-corrected chi connectivity index (χ2v) is 10.1. The van der Waals surface area contributed by atoms with Crippen LogP contribution in [0.3, 0.4) is 0 Å². The van der Waals surface area contributed by atoms with Crippen LogP contribution in [0.5, 0.6) is 0 Å². The van der Waals surface area contributed by atoms with Gasteiger partial charge in [0.15, 0.2) is 5.11 Å². The molecule has 0 aliphatic carbocycles. The molecule has 7 nitrogen and oxygen atoms in total. The zero-order valence-electron chi connectivity index (χ0n) is 19.3. The van der Waals surface area contributed by atoms with E-state index in [1.54, 1.807) is 37.1 Å². The molecule has 5 rings (SSSR count). The summed E-state index contributed by atoms with van der Waals surface area (Å²) >= 11 is 7.05. The molecule has 0 bridgehead atoms. The van der Waals surface area contributed by atoms with Crippen LogP contribution in [0.25, 0.3) is 10.9 Å². The van der Waals surface area contributed by atoms with Gasteiger partial charge < -0.3 is 10.2 Å². The smallest absolute Gasteiger partial charge is 0.261 e. The Bertz CT molecular complexity index is 1490. The summed E-state index contributed by atoms with van der Waals surface area (Å²) in [7, 11) is 0. The minimum atomic E-state index is -1.03. The average Bonchev–Trinajstić information content (AvgIpc) is 3.50. The number of aryl methyl sites for hydroxylation is 1. The van der Waals surface area contributed by atoms with Gasteiger partial charge in [0.25, 0.3) is 11.8 Å². The predicted octanol–water partition coefficient (Wildman–Crippen LogP) is 4.92. The van der Waals surface area contributed by atoms with E-state index in [1.807, 2.05) is 36.6 Å². The van der Waals surface area contributed by atoms with Crippen molar-refractivity contribution in [1.29, 1.82) is 0 Å². The molecule has 0 unspecified atom stereocenters. The highest BCUT2D eigenvalue weighted by atomic mass is 32.1. The minimum Gasteiger partial charge on any atom is -0.347 e. The number of anilines is 2. The van der Waals surface area contributed by atoms with E-state index >= 15 is 4.39 Å². The molecule has 1 fully saturated rings. The maximum Gasteiger partial charge on any atom is 0.261 e. The second kappa shape index (κ2) is 8.54. The maximum atomic E-state index is 15.1. The Labute approximate surface area is 210 Å². The van der Waals surface area contributed by atoms with E-state index in [0.717, 1.165) is 16.5 Å². The first-order valence-corrected chi connectivity index (χ1v) is 12.2. The Balaban J connectivity index is 1.40. The molecular weight excluding hydrogens is 485 g/mol. The first kappa shape index (κ1) is 23.1. The van der Waals surface area contributed by atoms with Gasteiger partial charge in [-0.1, -0.05) is 6.07 Å². The summed E-state index contributed by atoms with van der Waals surface area (Å²) in [4.78, 5) is 29.5. The summed E-state index contributed by atoms with van der Waals surface area (Å²) in [6, 6.07) is 12.0. The number of nitrogens with zero attached hydrogens (tertiary/aromatic N) is 3. The van der Waals surface area contributed by atoms with Crippen LogP contribution >= 0.6 is 23.6 Å². The average molecular weight is 508 g/mol. The zero-order valence-corrected chi connectivity index (χ0v) is 20.9. The number of thiophene rings is 1. The summed E-state index contributed by atoms with van der Waals surface area (Å²) in [6.07, 6.45) is 1.70. The maximum absolute atomic E-state index is 15.1. The van der Waals surface area contributed by atoms with E-state index in [9.17, 15) is 9.59 Å². The van der Waals surface area contributed by atoms with E-state index in [1.165, 1.54) is 22.3 Å². The number of aromatic amines is 1. The van der Waals surface area contributed by atoms with Gasteiger partial charge in [0.1, 0.15) is 11.4 Å². The first-order chi connectivity index (χ1) is 16.7. The van der Waals surface area contributed by atoms with E-state index < -0.39 is 11.4 Å². The number of carbonyl (C=O) groups is 2. The number of rotatable bonds is 5. The number of fused-ring (bicyclic) bond motifs is 1. The molecule has 178 valence electrons. The molecule has 1 saturated heterocycles. The zero-order chi connectivity index (χ0) is 24.9. The van der Waals surface area contributed by atoms with Crippen molar-refractivity contribution in [2.24, 2.45) is 0 Å². The molecule has 35 heavy (non-hydrogen) atoms. The number of halogens is 1. The lowest BCUT2D eigenvalue weighted by molar-refractivity contribution is -0.120. The van der Waals surface area contributed by atoms with Crippen LogP contribution in [-0.4, -0.2) is 32.7 Å². The van der Waals surface area contributed by atoms with E-state index in [4.69, 9.17) is 12.2 Å². The lowest BCUT2D eigenvalue weighted by Gasteiger charge is -2.29. The lowest BCUT2D eigenvalue weighted by atomic mass is 10.0. The summed E-state index contributed by atoms with van der Waals surface area (Å²) in [5.74, 6) is -0.947. The molecule has 0 saturated carbocycles. The van der Waals surface area contributed by atoms with Crippen molar-refractivity contribution in [3.63, 3.8) is 0 Å². The predicted molar refractivity (Wildman–Crippen MR) is 139 cm³/mol. The van der Waals surface area contributed by atoms with Crippen molar-refractivity contribution in [1.82, 2.24) is 15.5 Å². The van der Waals surface area contributed by atoms with Crippen LogP contribution in [0.4, 0.5) is 15.8 Å². The number of thiocarbonyl (C=S) groups is 1. The summed E-state index contributed by atoms with van der Waals surface area (Å²) in [5.41, 5.74) is 2.04. The van der Waals surface area contributed by atoms with Gasteiger partial charge in [-0.15, -0.1) is 11.3 Å². The Hall–Kier alpha value is -3.63. The Morgan fingerprint density at radius 2 is 1.97 bits per heavy atom. The first-order valence-electron chi connectivity index (χ1n) is 10.9. The van der Waals surface area contributed by atoms with E-state index in [2.05, 4.69) is 15.5 Å². The van der Waals surface area contributed by atoms with Crippen LogP contribution in [0, 0.1) is 12.7 Å². The molecule has 4 aromatic rings. The highest BCUT2D eigenvalue weighted by Crippen LogP contribution is 2.37. The third-order valence-electron chi connectivity index (χ3n) is 6.15. The quantitative estimate of drug-likeness (QED) is 0.375. The number of carbonyl (C=O) groups excluding carboxylic acids is 2. The fourth-order valence-electron chi connectivity index (χ4n) is 4.20. The minimum absolute atomic E-state index is 0.0470. The molecule has 0 atom stereocenters. The summed E-state index contributed by atoms with van der Waals surface area (Å²) in [6.45, 7) is 5.42. The van der Waals surface area contributed by atoms with Gasteiger partial charge in [0.05, 0.1) is 22.3 Å². The molecule has 2 aromatic heterocycles. The Kier molecular flexibility index (Phi) is 5.65. The molecule has 1 aliphatic heterocycles. The molecule has 1 aliphatic rings. The highest BCUT2D eigenvalue weighted by Gasteiger charge is 2.50. The van der Waals surface area contributed by atoms with Crippen LogP contribution in [0.15, 0.2) is 54.0 Å². The van der Waals surface area contributed by atoms with Gasteiger partial charge in [0.2, 0.25) is 0 Å². The summed E-state index contributed by atoms with van der Waals surface area (Å²) < 4.78 is 15.1. The molecule has 2 N–H and O–H groups in total. The van der Waals surface area contributed by atoms with Gasteiger partial charge in [-0.05, 0) is 80.3 Å². The van der Waals surface area contributed by atoms with Crippen molar-refractivity contribution in [3.05, 3.63) is 75.9 Å². The molecule has 2 amide bonds. The van der Waals surface area contributed by atoms with E-state index in [0.29, 0.717) is 21.8 Å². The van der Waals surface area contributed by atoms with Gasteiger partial charge in [-0.2, -0.15) is 5.10 Å². The number of hydrogen-bond acceptors (Lipinski definition) is 5. The standard InChI is InChI=1S/C25H22FN5O2S2/c1-14-8-9-35-21(14)22(32)27-12-15-4-7-18(10-19(15)26)31-24(34)30(23(33)25(31,2)3)17-6-5-16-13-28-29-20(16)11-17/h4-11,13H,12H2,1-3H3,(H,27,32)(H,28,29). The van der Waals surface area contributed by atoms with Crippen molar-refractivity contribution in [2.45, 2.75) is 32.9 Å². The van der Waals surface area contributed by atoms with Crippen molar-refractivity contribution in [3.8, 4) is 0 Å².